The molecule has 0 aliphatic carbocycles. The predicted octanol–water partition coefficient (Wildman–Crippen LogP) is 3.53. The van der Waals surface area contributed by atoms with E-state index < -0.39 is 29.3 Å². The quantitative estimate of drug-likeness (QED) is 0.387. The minimum Gasteiger partial charge on any atom is -0.497 e. The topological polar surface area (TPSA) is 150 Å². The summed E-state index contributed by atoms with van der Waals surface area (Å²) in [5.74, 6) is -0.802. The van der Waals surface area contributed by atoms with Crippen molar-refractivity contribution in [1.29, 1.82) is 0 Å². The van der Waals surface area contributed by atoms with E-state index in [1.165, 1.54) is 12.0 Å². The number of benzene rings is 2. The van der Waals surface area contributed by atoms with Gasteiger partial charge in [0.25, 0.3) is 11.8 Å². The minimum atomic E-state index is -1.12. The third kappa shape index (κ3) is 6.36. The van der Waals surface area contributed by atoms with Gasteiger partial charge < -0.3 is 26.3 Å². The van der Waals surface area contributed by atoms with Gasteiger partial charge in [0.2, 0.25) is 5.91 Å². The van der Waals surface area contributed by atoms with Crippen LogP contribution < -0.4 is 31.2 Å². The number of nitrogens with zero attached hydrogens (tertiary/aromatic N) is 2. The van der Waals surface area contributed by atoms with E-state index in [1.54, 1.807) is 48.5 Å². The van der Waals surface area contributed by atoms with Crippen LogP contribution in [0.3, 0.4) is 0 Å². The second-order valence-electron chi connectivity index (χ2n) is 9.16. The molecule has 0 radical (unpaired) electrons. The summed E-state index contributed by atoms with van der Waals surface area (Å²) in [5.41, 5.74) is 11.4. The zero-order valence-corrected chi connectivity index (χ0v) is 22.2. The number of rotatable bonds is 9. The first-order valence-corrected chi connectivity index (χ1v) is 12.3. The van der Waals surface area contributed by atoms with E-state index in [4.69, 9.17) is 20.9 Å². The van der Waals surface area contributed by atoms with Crippen molar-refractivity contribution in [3.05, 3.63) is 64.7 Å². The van der Waals surface area contributed by atoms with Gasteiger partial charge in [0.15, 0.2) is 5.69 Å². The summed E-state index contributed by atoms with van der Waals surface area (Å²) in [4.78, 5) is 40.9. The molecule has 0 saturated carbocycles. The number of hydrogen-bond donors (Lipinski definition) is 3. The van der Waals surface area contributed by atoms with E-state index in [2.05, 4.69) is 9.69 Å². The molecule has 5 N–H and O–H groups in total. The Morgan fingerprint density at radius 2 is 1.78 bits per heavy atom. The van der Waals surface area contributed by atoms with Gasteiger partial charge in [0, 0.05) is 17.3 Å². The average molecular weight is 526 g/mol. The van der Waals surface area contributed by atoms with Crippen LogP contribution >= 0.6 is 11.5 Å². The fourth-order valence-corrected chi connectivity index (χ4v) is 4.39. The van der Waals surface area contributed by atoms with Crippen LogP contribution in [0.2, 0.25) is 0 Å². The number of nitrogens with one attached hydrogen (secondary N) is 1. The molecule has 10 nitrogen and oxygen atoms in total. The van der Waals surface area contributed by atoms with Crippen molar-refractivity contribution in [3.8, 4) is 11.5 Å². The van der Waals surface area contributed by atoms with Gasteiger partial charge in [-0.05, 0) is 69.1 Å². The Kier molecular flexibility index (Phi) is 8.38. The van der Waals surface area contributed by atoms with E-state index in [9.17, 15) is 14.4 Å². The number of nitrogens with two attached hydrogens (primary N) is 2. The number of methoxy groups -OCH3 is 1. The van der Waals surface area contributed by atoms with E-state index in [0.717, 1.165) is 11.5 Å². The smallest absolute Gasteiger partial charge is 0.273 e. The van der Waals surface area contributed by atoms with Crippen LogP contribution in [-0.4, -0.2) is 41.4 Å². The number of ether oxygens (including phenoxy) is 2. The van der Waals surface area contributed by atoms with E-state index >= 15 is 0 Å². The summed E-state index contributed by atoms with van der Waals surface area (Å²) in [7, 11) is 1.50. The number of aromatic nitrogens is 1. The lowest BCUT2D eigenvalue weighted by atomic mass is 10.00. The molecule has 0 unspecified atom stereocenters. The van der Waals surface area contributed by atoms with Crippen LogP contribution in [0.15, 0.2) is 48.5 Å². The zero-order valence-electron chi connectivity index (χ0n) is 21.4. The number of nitrogen functional groups attached to an aromatic ring is 1. The summed E-state index contributed by atoms with van der Waals surface area (Å²) >= 11 is 0.742. The van der Waals surface area contributed by atoms with Crippen molar-refractivity contribution in [2.45, 2.75) is 39.3 Å². The van der Waals surface area contributed by atoms with Gasteiger partial charge in [-0.15, -0.1) is 0 Å². The molecule has 0 fully saturated rings. The van der Waals surface area contributed by atoms with Crippen molar-refractivity contribution in [2.24, 2.45) is 5.73 Å². The van der Waals surface area contributed by atoms with Gasteiger partial charge >= 0.3 is 0 Å². The van der Waals surface area contributed by atoms with Gasteiger partial charge in [-0.1, -0.05) is 18.2 Å². The Hall–Kier alpha value is -4.12. The number of amides is 3. The molecule has 0 aliphatic heterocycles. The second-order valence-corrected chi connectivity index (χ2v) is 9.93. The maximum Gasteiger partial charge on any atom is 0.273 e. The molecule has 0 saturated heterocycles. The molecule has 0 aliphatic rings. The zero-order chi connectivity index (χ0) is 27.3. The van der Waals surface area contributed by atoms with Crippen molar-refractivity contribution in [2.75, 3.05) is 24.4 Å². The largest absolute Gasteiger partial charge is 0.497 e. The van der Waals surface area contributed by atoms with Crippen LogP contribution in [0.4, 0.5) is 11.4 Å². The van der Waals surface area contributed by atoms with E-state index in [0.29, 0.717) is 29.4 Å². The molecular weight excluding hydrogens is 494 g/mol. The van der Waals surface area contributed by atoms with E-state index in [1.807, 2.05) is 27.7 Å². The van der Waals surface area contributed by atoms with Crippen LogP contribution in [0.25, 0.3) is 0 Å². The molecule has 1 aromatic heterocycles. The molecule has 37 heavy (non-hydrogen) atoms. The fraction of sp³-hybridized carbons (Fsp3) is 0.308. The highest BCUT2D eigenvalue weighted by atomic mass is 32.1. The molecule has 3 amide bonds. The Bertz CT molecular complexity index is 1280. The Morgan fingerprint density at radius 1 is 1.11 bits per heavy atom. The molecule has 196 valence electrons. The molecule has 0 bridgehead atoms. The molecule has 11 heteroatoms. The molecular formula is C26H31N5O5S. The maximum atomic E-state index is 14.1. The molecule has 1 heterocycles. The summed E-state index contributed by atoms with van der Waals surface area (Å²) in [6.45, 7) is 7.89. The summed E-state index contributed by atoms with van der Waals surface area (Å²) in [6.07, 6.45) is 0. The molecule has 3 aromatic rings. The first-order chi connectivity index (χ1) is 17.5. The lowest BCUT2D eigenvalue weighted by molar-refractivity contribution is -0.123. The number of anilines is 2. The number of carbonyl (C=O) groups is 3. The van der Waals surface area contributed by atoms with Crippen LogP contribution in [0, 0.1) is 0 Å². The maximum absolute atomic E-state index is 14.1. The minimum absolute atomic E-state index is 0.0175. The van der Waals surface area contributed by atoms with Gasteiger partial charge in [-0.25, -0.2) is 0 Å². The van der Waals surface area contributed by atoms with Gasteiger partial charge in [0.05, 0.1) is 19.4 Å². The Morgan fingerprint density at radius 3 is 2.32 bits per heavy atom. The molecule has 0 spiro atoms. The highest BCUT2D eigenvalue weighted by molar-refractivity contribution is 7.09. The first-order valence-electron chi connectivity index (χ1n) is 11.5. The second kappa shape index (κ2) is 11.3. The Labute approximate surface area is 219 Å². The predicted molar refractivity (Wildman–Crippen MR) is 143 cm³/mol. The lowest BCUT2D eigenvalue weighted by Gasteiger charge is -2.33. The lowest BCUT2D eigenvalue weighted by Crippen LogP contribution is -2.49. The third-order valence-corrected chi connectivity index (χ3v) is 6.07. The highest BCUT2D eigenvalue weighted by Crippen LogP contribution is 2.35. The highest BCUT2D eigenvalue weighted by Gasteiger charge is 2.37. The van der Waals surface area contributed by atoms with Crippen molar-refractivity contribution in [3.63, 3.8) is 0 Å². The third-order valence-electron chi connectivity index (χ3n) is 5.22. The molecule has 1 atom stereocenters. The Balaban J connectivity index is 2.24. The summed E-state index contributed by atoms with van der Waals surface area (Å²) in [6, 6.07) is 12.5. The summed E-state index contributed by atoms with van der Waals surface area (Å²) < 4.78 is 14.9. The van der Waals surface area contributed by atoms with Crippen LogP contribution in [-0.2, 0) is 4.79 Å². The van der Waals surface area contributed by atoms with Crippen LogP contribution in [0.1, 0.15) is 59.5 Å². The van der Waals surface area contributed by atoms with Crippen LogP contribution in [0.5, 0.6) is 11.5 Å². The first kappa shape index (κ1) is 27.5. The van der Waals surface area contributed by atoms with Crippen molar-refractivity contribution < 1.29 is 23.9 Å². The van der Waals surface area contributed by atoms with E-state index in [-0.39, 0.29) is 16.3 Å². The standard InChI is InChI=1S/C26H31N5O5S/c1-6-36-17-12-10-15(11-13-17)21(24(33)29-26(2,3)4)31(16-8-7-9-18(14-16)35-5)25(34)22-19(27)20(23(28)32)30-37-22/h7-14,21H,6,27H2,1-5H3,(H2,28,32)(H,29,33)/t21-/m0/s1. The number of hydrogen-bond acceptors (Lipinski definition) is 8. The van der Waals surface area contributed by atoms with Gasteiger partial charge in [0.1, 0.15) is 22.4 Å². The average Bonchev–Trinajstić information content (AvgIpc) is 3.23. The molecule has 3 rings (SSSR count). The van der Waals surface area contributed by atoms with Gasteiger partial charge in [-0.2, -0.15) is 4.37 Å². The van der Waals surface area contributed by atoms with Crippen molar-refractivity contribution in [1.82, 2.24) is 9.69 Å². The van der Waals surface area contributed by atoms with Crippen molar-refractivity contribution >= 4 is 40.6 Å². The molecule has 2 aromatic carbocycles. The fourth-order valence-electron chi connectivity index (χ4n) is 3.65. The van der Waals surface area contributed by atoms with Gasteiger partial charge in [-0.3, -0.25) is 19.3 Å². The SMILES string of the molecule is CCOc1ccc([C@@H](C(=O)NC(C)(C)C)N(C(=O)c2snc(C(N)=O)c2N)c2cccc(OC)c2)cc1. The monoisotopic (exact) mass is 525 g/mol. The summed E-state index contributed by atoms with van der Waals surface area (Å²) in [5, 5.41) is 2.97. The normalized spacial score (nSPS) is 11.9. The number of primary amides is 1. The number of carbonyl (C=O) groups excluding carboxylic acids is 3.